The van der Waals surface area contributed by atoms with Crippen molar-refractivity contribution in [3.63, 3.8) is 0 Å². The smallest absolute Gasteiger partial charge is 0.267 e. The van der Waals surface area contributed by atoms with Gasteiger partial charge in [-0.1, -0.05) is 24.3 Å². The summed E-state index contributed by atoms with van der Waals surface area (Å²) in [5, 5.41) is 3.96. The molecular weight excluding hydrogens is 243 g/mol. The summed E-state index contributed by atoms with van der Waals surface area (Å²) in [6.07, 6.45) is 8.56. The molecule has 1 saturated carbocycles. The predicted octanol–water partition coefficient (Wildman–Crippen LogP) is 2.75. The van der Waals surface area contributed by atoms with Crippen LogP contribution in [0.3, 0.4) is 0 Å². The normalized spacial score (nSPS) is 28.2. The largest absolute Gasteiger partial charge is 0.274 e. The van der Waals surface area contributed by atoms with E-state index >= 15 is 0 Å². The summed E-state index contributed by atoms with van der Waals surface area (Å²) < 4.78 is 13.4. The lowest BCUT2D eigenvalue weighted by atomic mass is 9.95. The summed E-state index contributed by atoms with van der Waals surface area (Å²) in [6.45, 7) is 0. The van der Waals surface area contributed by atoms with E-state index in [0.29, 0.717) is 17.8 Å². The van der Waals surface area contributed by atoms with Crippen molar-refractivity contribution in [2.24, 2.45) is 22.9 Å². The van der Waals surface area contributed by atoms with E-state index in [4.69, 9.17) is 0 Å². The van der Waals surface area contributed by atoms with Gasteiger partial charge in [-0.25, -0.2) is 9.82 Å². The van der Waals surface area contributed by atoms with Crippen LogP contribution in [0.1, 0.15) is 23.2 Å². The van der Waals surface area contributed by atoms with E-state index < -0.39 is 11.7 Å². The van der Waals surface area contributed by atoms with Crippen molar-refractivity contribution in [2.45, 2.75) is 12.8 Å². The zero-order valence-corrected chi connectivity index (χ0v) is 10.4. The lowest BCUT2D eigenvalue weighted by molar-refractivity contribution is 0.0951. The maximum absolute atomic E-state index is 13.4. The molecule has 0 heterocycles. The van der Waals surface area contributed by atoms with Crippen molar-refractivity contribution < 1.29 is 9.18 Å². The molecule has 0 spiro atoms. The Morgan fingerprint density at radius 1 is 1.32 bits per heavy atom. The van der Waals surface area contributed by atoms with E-state index in [1.807, 2.05) is 0 Å². The van der Waals surface area contributed by atoms with Crippen LogP contribution in [0.2, 0.25) is 0 Å². The van der Waals surface area contributed by atoms with Crippen molar-refractivity contribution in [2.75, 3.05) is 0 Å². The van der Waals surface area contributed by atoms with Crippen LogP contribution in [-0.4, -0.2) is 12.1 Å². The average molecular weight is 258 g/mol. The van der Waals surface area contributed by atoms with Crippen LogP contribution < -0.4 is 5.43 Å². The molecular formula is C15H15FN2O. The second-order valence-corrected chi connectivity index (χ2v) is 5.14. The summed E-state index contributed by atoms with van der Waals surface area (Å²) in [6, 6.07) is 5.89. The molecule has 0 aromatic heterocycles. The lowest BCUT2D eigenvalue weighted by Gasteiger charge is -2.11. The van der Waals surface area contributed by atoms with Crippen LogP contribution in [0.15, 0.2) is 41.5 Å². The molecule has 98 valence electrons. The number of nitrogens with one attached hydrogen (secondary N) is 1. The van der Waals surface area contributed by atoms with E-state index in [-0.39, 0.29) is 5.56 Å². The van der Waals surface area contributed by atoms with Gasteiger partial charge in [0.2, 0.25) is 0 Å². The summed E-state index contributed by atoms with van der Waals surface area (Å²) in [5.74, 6) is 0.588. The quantitative estimate of drug-likeness (QED) is 0.505. The Morgan fingerprint density at radius 2 is 2.16 bits per heavy atom. The van der Waals surface area contributed by atoms with E-state index in [1.54, 1.807) is 18.3 Å². The minimum atomic E-state index is -0.530. The molecule has 2 aliphatic carbocycles. The molecule has 3 atom stereocenters. The van der Waals surface area contributed by atoms with E-state index in [1.165, 1.54) is 18.6 Å². The molecule has 3 rings (SSSR count). The zero-order chi connectivity index (χ0) is 13.2. The SMILES string of the molecule is O=C(N/N=C\[C@@H]1C[C@H]2C=C[C@@H]1C2)c1ccccc1F. The lowest BCUT2D eigenvalue weighted by Crippen LogP contribution is -2.20. The molecule has 2 aliphatic rings. The number of hydrogen-bond donors (Lipinski definition) is 1. The van der Waals surface area contributed by atoms with Gasteiger partial charge < -0.3 is 0 Å². The van der Waals surface area contributed by atoms with Gasteiger partial charge in [0.25, 0.3) is 5.91 Å². The monoisotopic (exact) mass is 258 g/mol. The average Bonchev–Trinajstić information content (AvgIpc) is 3.01. The van der Waals surface area contributed by atoms with Gasteiger partial charge in [-0.15, -0.1) is 0 Å². The highest BCUT2D eigenvalue weighted by molar-refractivity contribution is 5.94. The molecule has 1 aromatic rings. The van der Waals surface area contributed by atoms with Gasteiger partial charge in [0.05, 0.1) is 5.56 Å². The molecule has 0 radical (unpaired) electrons. The Balaban J connectivity index is 1.59. The number of halogens is 1. The molecule has 1 fully saturated rings. The number of allylic oxidation sites excluding steroid dienone is 2. The third-order valence-electron chi connectivity index (χ3n) is 3.88. The summed E-state index contributed by atoms with van der Waals surface area (Å²) in [5.41, 5.74) is 2.41. The number of fused-ring (bicyclic) bond motifs is 2. The van der Waals surface area contributed by atoms with Gasteiger partial charge in [0.1, 0.15) is 5.82 Å². The van der Waals surface area contributed by atoms with Gasteiger partial charge in [-0.3, -0.25) is 4.79 Å². The fraction of sp³-hybridized carbons (Fsp3) is 0.333. The molecule has 2 bridgehead atoms. The molecule has 3 nitrogen and oxygen atoms in total. The Kier molecular flexibility index (Phi) is 3.15. The van der Waals surface area contributed by atoms with E-state index in [2.05, 4.69) is 22.7 Å². The fourth-order valence-electron chi connectivity index (χ4n) is 2.89. The first-order valence-electron chi connectivity index (χ1n) is 6.50. The summed E-state index contributed by atoms with van der Waals surface area (Å²) >= 11 is 0. The number of hydrazone groups is 1. The molecule has 1 N–H and O–H groups in total. The minimum Gasteiger partial charge on any atom is -0.267 e. The first-order valence-corrected chi connectivity index (χ1v) is 6.50. The van der Waals surface area contributed by atoms with Crippen molar-refractivity contribution >= 4 is 12.1 Å². The maximum atomic E-state index is 13.4. The third-order valence-corrected chi connectivity index (χ3v) is 3.88. The zero-order valence-electron chi connectivity index (χ0n) is 10.4. The Hall–Kier alpha value is -1.97. The number of carbonyl (C=O) groups excluding carboxylic acids is 1. The van der Waals surface area contributed by atoms with Crippen LogP contribution in [0.4, 0.5) is 4.39 Å². The van der Waals surface area contributed by atoms with Crippen LogP contribution in [-0.2, 0) is 0 Å². The molecule has 4 heteroatoms. The first-order chi connectivity index (χ1) is 9.24. The topological polar surface area (TPSA) is 41.5 Å². The number of hydrogen-bond acceptors (Lipinski definition) is 2. The molecule has 0 unspecified atom stereocenters. The Bertz CT molecular complexity index is 553. The molecule has 1 aromatic carbocycles. The number of amides is 1. The highest BCUT2D eigenvalue weighted by Gasteiger charge is 2.34. The van der Waals surface area contributed by atoms with Crippen LogP contribution >= 0.6 is 0 Å². The predicted molar refractivity (Wildman–Crippen MR) is 71.2 cm³/mol. The van der Waals surface area contributed by atoms with Crippen molar-refractivity contribution in [3.8, 4) is 0 Å². The van der Waals surface area contributed by atoms with E-state index in [0.717, 1.165) is 6.42 Å². The van der Waals surface area contributed by atoms with Crippen LogP contribution in [0.25, 0.3) is 0 Å². The standard InChI is InChI=1S/C15H15FN2O/c16-14-4-2-1-3-13(14)15(19)18-17-9-12-8-10-5-6-11(12)7-10/h1-6,9-12H,7-8H2,(H,18,19)/b17-9-/t10-,11+,12-/m0/s1. The van der Waals surface area contributed by atoms with E-state index in [9.17, 15) is 9.18 Å². The maximum Gasteiger partial charge on any atom is 0.274 e. The van der Waals surface area contributed by atoms with Gasteiger partial charge in [-0.05, 0) is 36.8 Å². The number of carbonyl (C=O) groups is 1. The minimum absolute atomic E-state index is 0.0208. The first kappa shape index (κ1) is 12.1. The van der Waals surface area contributed by atoms with Crippen LogP contribution in [0.5, 0.6) is 0 Å². The Labute approximate surface area is 111 Å². The molecule has 0 saturated heterocycles. The van der Waals surface area contributed by atoms with Crippen molar-refractivity contribution in [3.05, 3.63) is 47.8 Å². The third kappa shape index (κ3) is 2.43. The second-order valence-electron chi connectivity index (χ2n) is 5.14. The van der Waals surface area contributed by atoms with Crippen molar-refractivity contribution in [1.82, 2.24) is 5.43 Å². The Morgan fingerprint density at radius 3 is 2.84 bits per heavy atom. The number of nitrogens with zero attached hydrogens (tertiary/aromatic N) is 1. The molecule has 1 amide bonds. The number of benzene rings is 1. The van der Waals surface area contributed by atoms with Gasteiger partial charge in [-0.2, -0.15) is 5.10 Å². The summed E-state index contributed by atoms with van der Waals surface area (Å²) in [7, 11) is 0. The van der Waals surface area contributed by atoms with Gasteiger partial charge in [0, 0.05) is 12.1 Å². The number of rotatable bonds is 3. The van der Waals surface area contributed by atoms with Crippen LogP contribution in [0, 0.1) is 23.6 Å². The highest BCUT2D eigenvalue weighted by atomic mass is 19.1. The molecule has 0 aliphatic heterocycles. The summed E-state index contributed by atoms with van der Waals surface area (Å²) in [4.78, 5) is 11.7. The highest BCUT2D eigenvalue weighted by Crippen LogP contribution is 2.42. The second kappa shape index (κ2) is 4.96. The van der Waals surface area contributed by atoms with Crippen molar-refractivity contribution in [1.29, 1.82) is 0 Å². The van der Waals surface area contributed by atoms with Gasteiger partial charge >= 0.3 is 0 Å². The fourth-order valence-corrected chi connectivity index (χ4v) is 2.89. The van der Waals surface area contributed by atoms with Gasteiger partial charge in [0.15, 0.2) is 0 Å². The molecule has 19 heavy (non-hydrogen) atoms.